The molecule has 0 aliphatic carbocycles. The van der Waals surface area contributed by atoms with Gasteiger partial charge in [-0.3, -0.25) is 4.79 Å². The van der Waals surface area contributed by atoms with E-state index in [1.807, 2.05) is 30.3 Å². The van der Waals surface area contributed by atoms with Crippen molar-refractivity contribution in [3.63, 3.8) is 0 Å². The number of H-pyrrole nitrogens is 1. The maximum absolute atomic E-state index is 12.1. The molecule has 0 fully saturated rings. The van der Waals surface area contributed by atoms with Gasteiger partial charge in [0, 0.05) is 17.5 Å². The monoisotopic (exact) mass is 348 g/mol. The van der Waals surface area contributed by atoms with Crippen molar-refractivity contribution in [3.05, 3.63) is 75.0 Å². The van der Waals surface area contributed by atoms with Gasteiger partial charge >= 0.3 is 0 Å². The Labute approximate surface area is 137 Å². The highest BCUT2D eigenvalue weighted by atomic mass is 35.5. The molecule has 0 amide bonds. The number of primary sulfonamides is 1. The number of aromatic nitrogens is 1. The molecule has 3 aromatic rings. The van der Waals surface area contributed by atoms with Gasteiger partial charge in [-0.25, -0.2) is 13.6 Å². The van der Waals surface area contributed by atoms with Gasteiger partial charge in [-0.05, 0) is 35.2 Å². The molecule has 0 saturated carbocycles. The van der Waals surface area contributed by atoms with Gasteiger partial charge in [0.25, 0.3) is 5.56 Å². The summed E-state index contributed by atoms with van der Waals surface area (Å²) in [5.41, 5.74) is 1.88. The lowest BCUT2D eigenvalue weighted by Gasteiger charge is -2.06. The van der Waals surface area contributed by atoms with Crippen LogP contribution in [0.2, 0.25) is 5.02 Å². The summed E-state index contributed by atoms with van der Waals surface area (Å²) in [6.45, 7) is 0. The first kappa shape index (κ1) is 15.7. The number of benzene rings is 2. The zero-order valence-corrected chi connectivity index (χ0v) is 13.5. The van der Waals surface area contributed by atoms with Crippen LogP contribution in [0.25, 0.3) is 10.9 Å². The van der Waals surface area contributed by atoms with Crippen molar-refractivity contribution in [1.29, 1.82) is 0 Å². The number of fused-ring (bicyclic) bond motifs is 1. The lowest BCUT2D eigenvalue weighted by Crippen LogP contribution is -2.14. The Kier molecular flexibility index (Phi) is 3.97. The molecule has 0 aliphatic rings. The van der Waals surface area contributed by atoms with E-state index in [2.05, 4.69) is 4.98 Å². The molecular weight excluding hydrogens is 336 g/mol. The van der Waals surface area contributed by atoms with Crippen LogP contribution in [0.5, 0.6) is 0 Å². The molecule has 0 bridgehead atoms. The summed E-state index contributed by atoms with van der Waals surface area (Å²) in [5.74, 6) is 0. The van der Waals surface area contributed by atoms with Crippen LogP contribution in [0.3, 0.4) is 0 Å². The largest absolute Gasteiger partial charge is 0.322 e. The lowest BCUT2D eigenvalue weighted by atomic mass is 10.0. The summed E-state index contributed by atoms with van der Waals surface area (Å²) >= 11 is 5.97. The fourth-order valence-electron chi connectivity index (χ4n) is 2.43. The van der Waals surface area contributed by atoms with Gasteiger partial charge in [0.05, 0.1) is 5.02 Å². The average Bonchev–Trinajstić information content (AvgIpc) is 2.47. The summed E-state index contributed by atoms with van der Waals surface area (Å²) in [4.78, 5) is 14.8. The second-order valence-corrected chi connectivity index (χ2v) is 7.13. The first-order valence-electron chi connectivity index (χ1n) is 6.77. The van der Waals surface area contributed by atoms with Crippen molar-refractivity contribution < 1.29 is 8.42 Å². The third-order valence-electron chi connectivity index (χ3n) is 3.53. The normalized spacial score (nSPS) is 11.7. The summed E-state index contributed by atoms with van der Waals surface area (Å²) in [7, 11) is -3.86. The van der Waals surface area contributed by atoms with Gasteiger partial charge < -0.3 is 4.98 Å². The van der Waals surface area contributed by atoms with Gasteiger partial charge in [-0.1, -0.05) is 35.9 Å². The van der Waals surface area contributed by atoms with E-state index in [1.165, 1.54) is 12.1 Å². The number of halogens is 1. The summed E-state index contributed by atoms with van der Waals surface area (Å²) in [6.07, 6.45) is 0.338. The fraction of sp³-hybridized carbons (Fsp3) is 0.0625. The van der Waals surface area contributed by atoms with Crippen molar-refractivity contribution in [2.24, 2.45) is 5.14 Å². The van der Waals surface area contributed by atoms with E-state index in [1.54, 1.807) is 6.07 Å². The first-order valence-corrected chi connectivity index (χ1v) is 8.69. The van der Waals surface area contributed by atoms with Crippen LogP contribution in [0.15, 0.2) is 58.2 Å². The van der Waals surface area contributed by atoms with Crippen molar-refractivity contribution >= 4 is 32.5 Å². The van der Waals surface area contributed by atoms with Crippen molar-refractivity contribution in [2.75, 3.05) is 0 Å². The fourth-order valence-corrected chi connectivity index (χ4v) is 3.54. The molecule has 0 saturated heterocycles. The van der Waals surface area contributed by atoms with Gasteiger partial charge in [-0.15, -0.1) is 0 Å². The Balaban J connectivity index is 2.01. The second-order valence-electron chi connectivity index (χ2n) is 5.20. The molecule has 3 N–H and O–H groups in total. The number of nitrogens with two attached hydrogens (primary N) is 1. The topological polar surface area (TPSA) is 93.0 Å². The van der Waals surface area contributed by atoms with Crippen molar-refractivity contribution in [1.82, 2.24) is 4.98 Å². The highest BCUT2D eigenvalue weighted by Gasteiger charge is 2.13. The molecule has 23 heavy (non-hydrogen) atoms. The molecule has 3 rings (SSSR count). The van der Waals surface area contributed by atoms with Crippen LogP contribution >= 0.6 is 11.6 Å². The third kappa shape index (κ3) is 3.29. The molecule has 0 radical (unpaired) electrons. The molecule has 7 heteroatoms. The number of hydrogen-bond donors (Lipinski definition) is 2. The SMILES string of the molecule is NS(=O)(=O)c1ccc(Cc2cc3ccccc3[nH]c2=O)cc1Cl. The molecule has 1 aromatic heterocycles. The minimum absolute atomic E-state index is 0.0437. The van der Waals surface area contributed by atoms with E-state index in [-0.39, 0.29) is 15.5 Å². The van der Waals surface area contributed by atoms with Crippen molar-refractivity contribution in [3.8, 4) is 0 Å². The van der Waals surface area contributed by atoms with Gasteiger partial charge in [0.2, 0.25) is 10.0 Å². The number of nitrogens with one attached hydrogen (secondary N) is 1. The Morgan fingerprint density at radius 1 is 1.09 bits per heavy atom. The molecule has 1 heterocycles. The minimum Gasteiger partial charge on any atom is -0.322 e. The second kappa shape index (κ2) is 5.81. The number of rotatable bonds is 3. The van der Waals surface area contributed by atoms with E-state index < -0.39 is 10.0 Å². The first-order chi connectivity index (χ1) is 10.8. The smallest absolute Gasteiger partial charge is 0.251 e. The van der Waals surface area contributed by atoms with Crippen LogP contribution < -0.4 is 10.7 Å². The highest BCUT2D eigenvalue weighted by Crippen LogP contribution is 2.23. The molecule has 5 nitrogen and oxygen atoms in total. The van der Waals surface area contributed by atoms with Crippen LogP contribution in [0.1, 0.15) is 11.1 Å². The van der Waals surface area contributed by atoms with E-state index in [0.717, 1.165) is 16.5 Å². The molecule has 0 spiro atoms. The molecule has 0 unspecified atom stereocenters. The predicted molar refractivity (Wildman–Crippen MR) is 90.2 cm³/mol. The number of pyridine rings is 1. The van der Waals surface area contributed by atoms with Crippen LogP contribution in [-0.4, -0.2) is 13.4 Å². The zero-order chi connectivity index (χ0) is 16.6. The average molecular weight is 349 g/mol. The maximum Gasteiger partial charge on any atom is 0.251 e. The Morgan fingerprint density at radius 2 is 1.83 bits per heavy atom. The lowest BCUT2D eigenvalue weighted by molar-refractivity contribution is 0.598. The quantitative estimate of drug-likeness (QED) is 0.761. The highest BCUT2D eigenvalue weighted by molar-refractivity contribution is 7.89. The number of hydrogen-bond acceptors (Lipinski definition) is 3. The van der Waals surface area contributed by atoms with E-state index in [0.29, 0.717) is 12.0 Å². The summed E-state index contributed by atoms with van der Waals surface area (Å²) < 4.78 is 22.7. The van der Waals surface area contributed by atoms with Gasteiger partial charge in [0.1, 0.15) is 4.90 Å². The Bertz CT molecular complexity index is 1060. The number of aromatic amines is 1. The van der Waals surface area contributed by atoms with Crippen LogP contribution in [0.4, 0.5) is 0 Å². The zero-order valence-electron chi connectivity index (χ0n) is 11.9. The molecule has 118 valence electrons. The predicted octanol–water partition coefficient (Wildman–Crippen LogP) is 2.42. The van der Waals surface area contributed by atoms with E-state index in [9.17, 15) is 13.2 Å². The standard InChI is InChI=1S/C16H13ClN2O3S/c17-13-8-10(5-6-15(13)23(18,21)22)7-12-9-11-3-1-2-4-14(11)19-16(12)20/h1-6,8-9H,7H2,(H,19,20)(H2,18,21,22). The molecule has 0 atom stereocenters. The molecule has 2 aromatic carbocycles. The van der Waals surface area contributed by atoms with E-state index >= 15 is 0 Å². The Morgan fingerprint density at radius 3 is 2.52 bits per heavy atom. The van der Waals surface area contributed by atoms with Crippen molar-refractivity contribution in [2.45, 2.75) is 11.3 Å². The third-order valence-corrected chi connectivity index (χ3v) is 4.92. The van der Waals surface area contributed by atoms with Gasteiger partial charge in [0.15, 0.2) is 0 Å². The molecule has 0 aliphatic heterocycles. The maximum atomic E-state index is 12.1. The van der Waals surface area contributed by atoms with E-state index in [4.69, 9.17) is 16.7 Å². The number of sulfonamides is 1. The van der Waals surface area contributed by atoms with Gasteiger partial charge in [-0.2, -0.15) is 0 Å². The Hall–Kier alpha value is -2.15. The summed E-state index contributed by atoms with van der Waals surface area (Å²) in [6, 6.07) is 13.8. The number of para-hydroxylation sites is 1. The van der Waals surface area contributed by atoms with Crippen LogP contribution in [0, 0.1) is 0 Å². The van der Waals surface area contributed by atoms with Crippen LogP contribution in [-0.2, 0) is 16.4 Å². The minimum atomic E-state index is -3.86. The molecular formula is C16H13ClN2O3S. The summed E-state index contributed by atoms with van der Waals surface area (Å²) in [5, 5.41) is 6.05.